The first-order valence-electron chi connectivity index (χ1n) is 16.4. The quantitative estimate of drug-likeness (QED) is 0.114. The fourth-order valence-electron chi connectivity index (χ4n) is 6.52. The van der Waals surface area contributed by atoms with Crippen molar-refractivity contribution in [3.63, 3.8) is 0 Å². The maximum Gasteiger partial charge on any atom is 0.356 e. The van der Waals surface area contributed by atoms with Crippen LogP contribution in [-0.2, 0) is 40.9 Å². The number of unbranched alkanes of at least 4 members (excludes halogenated alkanes) is 4. The van der Waals surface area contributed by atoms with E-state index in [1.54, 1.807) is 0 Å². The molecule has 2 rings (SSSR count). The van der Waals surface area contributed by atoms with Gasteiger partial charge in [0, 0.05) is 0 Å². The molecule has 1 unspecified atom stereocenters. The highest BCUT2D eigenvalue weighted by molar-refractivity contribution is 7.97. The maximum atomic E-state index is 12.6. The molecule has 4 nitrogen and oxygen atoms in total. The molecule has 2 aliphatic rings. The van der Waals surface area contributed by atoms with Gasteiger partial charge in [0.05, 0.1) is 0 Å². The minimum atomic E-state index is -0.367. The summed E-state index contributed by atoms with van der Waals surface area (Å²) in [4.78, 5) is 25.2. The Morgan fingerprint density at radius 1 is 0.641 bits per heavy atom. The molecule has 0 amide bonds. The minimum absolute atomic E-state index is 0.110. The van der Waals surface area contributed by atoms with E-state index in [4.69, 9.17) is 9.47 Å². The van der Waals surface area contributed by atoms with E-state index in [0.29, 0.717) is 22.3 Å². The molecule has 0 spiro atoms. The van der Waals surface area contributed by atoms with Crippen molar-refractivity contribution in [2.75, 3.05) is 41.1 Å². The molecular weight excluding hydrogens is 524 g/mol. The number of rotatable bonds is 19. The summed E-state index contributed by atoms with van der Waals surface area (Å²) < 4.78 is 11.2. The second-order valence-electron chi connectivity index (χ2n) is 12.7. The van der Waals surface area contributed by atoms with E-state index >= 15 is 0 Å². The Morgan fingerprint density at radius 2 is 1.00 bits per heavy atom. The van der Waals surface area contributed by atoms with Gasteiger partial charge in [-0.05, 0) is 90.9 Å². The predicted molar refractivity (Wildman–Crippen MR) is 172 cm³/mol. The van der Waals surface area contributed by atoms with Crippen molar-refractivity contribution in [3.05, 3.63) is 0 Å². The van der Waals surface area contributed by atoms with Crippen molar-refractivity contribution < 1.29 is 19.1 Å². The predicted octanol–water partition coefficient (Wildman–Crippen LogP) is 8.02. The third kappa shape index (κ3) is 13.0. The lowest BCUT2D eigenvalue weighted by molar-refractivity contribution is -0.154. The van der Waals surface area contributed by atoms with Crippen molar-refractivity contribution in [3.8, 4) is 0 Å². The zero-order chi connectivity index (χ0) is 28.6. The highest BCUT2D eigenvalue weighted by Crippen LogP contribution is 2.43. The summed E-state index contributed by atoms with van der Waals surface area (Å²) in [5.41, 5.74) is 1.04. The Hall–Kier alpha value is -0.360. The zero-order valence-electron chi connectivity index (χ0n) is 26.3. The van der Waals surface area contributed by atoms with E-state index in [1.807, 2.05) is 6.92 Å². The number of hydrogen-bond donors (Lipinski definition) is 0. The average molecular weight is 587 g/mol. The lowest BCUT2D eigenvalue weighted by atomic mass is 9.74. The summed E-state index contributed by atoms with van der Waals surface area (Å²) in [6, 6.07) is 0. The highest BCUT2D eigenvalue weighted by atomic mass is 32.2. The smallest absolute Gasteiger partial charge is 0.356 e. The molecule has 0 N–H and O–H groups in total. The van der Waals surface area contributed by atoms with Crippen LogP contribution in [0.2, 0.25) is 0 Å². The second-order valence-corrected chi connectivity index (χ2v) is 17.4. The van der Waals surface area contributed by atoms with Crippen LogP contribution in [0.25, 0.3) is 0 Å². The monoisotopic (exact) mass is 586 g/mol. The van der Waals surface area contributed by atoms with Crippen LogP contribution in [0.4, 0.5) is 0 Å². The van der Waals surface area contributed by atoms with Gasteiger partial charge in [0.25, 0.3) is 0 Å². The van der Waals surface area contributed by atoms with Crippen LogP contribution in [0.5, 0.6) is 0 Å². The summed E-state index contributed by atoms with van der Waals surface area (Å²) in [5, 5.41) is 0. The molecule has 0 aromatic heterocycles. The van der Waals surface area contributed by atoms with Gasteiger partial charge >= 0.3 is 11.9 Å². The Labute approximate surface area is 247 Å². The molecule has 2 aliphatic heterocycles. The highest BCUT2D eigenvalue weighted by Gasteiger charge is 2.41. The Kier molecular flexibility index (Phi) is 16.9. The molecule has 2 heterocycles. The fraction of sp³-hybridized carbons (Fsp3) is 0.939. The van der Waals surface area contributed by atoms with E-state index < -0.39 is 0 Å². The summed E-state index contributed by atoms with van der Waals surface area (Å²) in [6.45, 7) is 11.2. The van der Waals surface area contributed by atoms with E-state index in [0.717, 1.165) is 0 Å². The molecule has 0 aromatic rings. The number of esters is 2. The molecule has 0 radical (unpaired) electrons. The minimum Gasteiger partial charge on any atom is -0.458 e. The average Bonchev–Trinajstić information content (AvgIpc) is 2.94. The van der Waals surface area contributed by atoms with Gasteiger partial charge in [-0.15, -0.1) is 0 Å². The Balaban J connectivity index is 1.66. The van der Waals surface area contributed by atoms with Gasteiger partial charge in [-0.1, -0.05) is 79.1 Å². The van der Waals surface area contributed by atoms with Gasteiger partial charge in [0.15, 0.2) is 0 Å². The zero-order valence-corrected chi connectivity index (χ0v) is 27.9. The summed E-state index contributed by atoms with van der Waals surface area (Å²) in [7, 11) is 0.285. The molecule has 0 saturated carbocycles. The Bertz CT molecular complexity index is 661. The molecule has 0 bridgehead atoms. The van der Waals surface area contributed by atoms with Gasteiger partial charge in [0.2, 0.25) is 11.5 Å². The molecule has 0 aliphatic carbocycles. The van der Waals surface area contributed by atoms with Crippen LogP contribution in [0.1, 0.15) is 137 Å². The van der Waals surface area contributed by atoms with Crippen LogP contribution in [0.3, 0.4) is 0 Å². The van der Waals surface area contributed by atoms with Crippen LogP contribution < -0.4 is 0 Å². The van der Waals surface area contributed by atoms with Crippen LogP contribution >= 0.6 is 0 Å². The van der Waals surface area contributed by atoms with Crippen LogP contribution in [-0.4, -0.2) is 59.2 Å². The van der Waals surface area contributed by atoms with Crippen molar-refractivity contribution >= 4 is 33.7 Å². The molecule has 2 fully saturated rings. The van der Waals surface area contributed by atoms with E-state index in [1.165, 1.54) is 126 Å². The first-order chi connectivity index (χ1) is 18.8. The summed E-state index contributed by atoms with van der Waals surface area (Å²) >= 11 is 0. The third-order valence-corrected chi connectivity index (χ3v) is 13.8. The topological polar surface area (TPSA) is 52.6 Å². The molecule has 0 aromatic carbocycles. The largest absolute Gasteiger partial charge is 0.458 e. The van der Waals surface area contributed by atoms with Crippen molar-refractivity contribution in [1.29, 1.82) is 0 Å². The van der Waals surface area contributed by atoms with Gasteiger partial charge in [-0.3, -0.25) is 0 Å². The van der Waals surface area contributed by atoms with Crippen LogP contribution in [0, 0.1) is 10.8 Å². The molecule has 39 heavy (non-hydrogen) atoms. The third-order valence-electron chi connectivity index (χ3n) is 9.38. The van der Waals surface area contributed by atoms with Crippen molar-refractivity contribution in [2.45, 2.75) is 143 Å². The molecule has 1 atom stereocenters. The standard InChI is InChI=1S/C33H62O4S2/c1-6-10-14-32(15-11-7-2)18-22-38(23-19-32)27-30(34)36-26-29(5)37-31(35)28-39-24-20-33(21-25-39,16-12-8-3)17-13-9-4/h29H,6-28H2,1-5H3/q+2. The number of ether oxygens (including phenoxy) is 2. The molecule has 228 valence electrons. The van der Waals surface area contributed by atoms with Gasteiger partial charge in [-0.25, -0.2) is 9.59 Å². The fourth-order valence-corrected chi connectivity index (χ4v) is 11.2. The number of carbonyl (C=O) groups excluding carboxylic acids is 2. The number of carbonyl (C=O) groups is 2. The van der Waals surface area contributed by atoms with E-state index in [-0.39, 0.29) is 46.4 Å². The maximum absolute atomic E-state index is 12.6. The van der Waals surface area contributed by atoms with E-state index in [9.17, 15) is 9.59 Å². The summed E-state index contributed by atoms with van der Waals surface area (Å²) in [6.07, 6.45) is 20.6. The van der Waals surface area contributed by atoms with E-state index in [2.05, 4.69) is 27.7 Å². The summed E-state index contributed by atoms with van der Waals surface area (Å²) in [5.74, 6) is 5.55. The number of hydrogen-bond acceptors (Lipinski definition) is 4. The van der Waals surface area contributed by atoms with Crippen LogP contribution in [0.15, 0.2) is 0 Å². The van der Waals surface area contributed by atoms with Gasteiger partial charge in [-0.2, -0.15) is 0 Å². The van der Waals surface area contributed by atoms with Crippen molar-refractivity contribution in [2.24, 2.45) is 10.8 Å². The van der Waals surface area contributed by atoms with Crippen molar-refractivity contribution in [1.82, 2.24) is 0 Å². The lowest BCUT2D eigenvalue weighted by Crippen LogP contribution is -2.38. The Morgan fingerprint density at radius 3 is 1.36 bits per heavy atom. The first-order valence-corrected chi connectivity index (χ1v) is 19.9. The SMILES string of the molecule is CCCCC1(CCCC)CC[S+](CC(=O)OCC(C)OC(=O)C[S+]2CCC(CCCC)(CCCC)CC2)CC1. The molecular formula is C33H62O4S2+2. The molecule has 6 heteroatoms. The first kappa shape index (κ1) is 34.8. The van der Waals surface area contributed by atoms with Gasteiger partial charge in [0.1, 0.15) is 35.7 Å². The lowest BCUT2D eigenvalue weighted by Gasteiger charge is -2.37. The second kappa shape index (κ2) is 18.9. The van der Waals surface area contributed by atoms with Gasteiger partial charge < -0.3 is 9.47 Å². The molecule has 2 saturated heterocycles. The normalized spacial score (nSPS) is 20.4.